The number of amides is 1. The maximum absolute atomic E-state index is 12.5. The molecular formula is C17H19Br2N3O2S. The molecule has 2 aromatic rings. The van der Waals surface area contributed by atoms with Crippen LogP contribution in [0.15, 0.2) is 46.9 Å². The summed E-state index contributed by atoms with van der Waals surface area (Å²) >= 11 is 4.59. The highest BCUT2D eigenvalue weighted by Crippen LogP contribution is 2.21. The first-order chi connectivity index (χ1) is 11.5. The molecule has 0 aromatic heterocycles. The van der Waals surface area contributed by atoms with Crippen molar-refractivity contribution < 1.29 is 9.53 Å². The third-order valence-corrected chi connectivity index (χ3v) is 4.54. The van der Waals surface area contributed by atoms with Crippen LogP contribution in [0.5, 0.6) is 5.75 Å². The largest absolute Gasteiger partial charge is 0.497 e. The van der Waals surface area contributed by atoms with E-state index in [1.54, 1.807) is 13.2 Å². The summed E-state index contributed by atoms with van der Waals surface area (Å²) in [6.45, 7) is 0.408. The van der Waals surface area contributed by atoms with Crippen molar-refractivity contribution >= 4 is 55.7 Å². The van der Waals surface area contributed by atoms with Gasteiger partial charge in [0, 0.05) is 22.3 Å². The first-order valence-electron chi connectivity index (χ1n) is 7.16. The molecule has 2 rings (SSSR count). The van der Waals surface area contributed by atoms with Crippen LogP contribution >= 0.6 is 44.7 Å². The lowest BCUT2D eigenvalue weighted by Gasteiger charge is -2.11. The van der Waals surface area contributed by atoms with Crippen molar-refractivity contribution in [3.8, 4) is 5.75 Å². The second kappa shape index (κ2) is 10.5. The number of methoxy groups -OCH3 is 1. The molecule has 0 aliphatic carbocycles. The number of amidine groups is 1. The number of carbonyl (C=O) groups excluding carboxylic acids is 1. The summed E-state index contributed by atoms with van der Waals surface area (Å²) in [5.41, 5.74) is 7.75. The van der Waals surface area contributed by atoms with Gasteiger partial charge >= 0.3 is 0 Å². The van der Waals surface area contributed by atoms with Gasteiger partial charge in [-0.3, -0.25) is 10.2 Å². The van der Waals surface area contributed by atoms with Crippen LogP contribution in [0.3, 0.4) is 0 Å². The van der Waals surface area contributed by atoms with Gasteiger partial charge in [-0.25, -0.2) is 0 Å². The number of nitrogens with one attached hydrogen (secondary N) is 2. The average molecular weight is 489 g/mol. The lowest BCUT2D eigenvalue weighted by Crippen LogP contribution is -2.24. The molecule has 4 N–H and O–H groups in total. The highest BCUT2D eigenvalue weighted by Gasteiger charge is 2.12. The minimum Gasteiger partial charge on any atom is -0.497 e. The standard InChI is InChI=1S/C17H18BrN3O2S.BrH/c1-23-14-4-2-3-11(7-14)9-21-16(22)15-6-5-13(18)8-12(15)10-24-17(19)20;/h2-8H,9-10H2,1H3,(H3,19,20)(H,21,22);1H. The van der Waals surface area contributed by atoms with E-state index in [0.29, 0.717) is 17.9 Å². The van der Waals surface area contributed by atoms with Crippen molar-refractivity contribution in [2.45, 2.75) is 12.3 Å². The average Bonchev–Trinajstić information content (AvgIpc) is 2.58. The topological polar surface area (TPSA) is 88.2 Å². The van der Waals surface area contributed by atoms with Gasteiger partial charge in [-0.05, 0) is 41.5 Å². The summed E-state index contributed by atoms with van der Waals surface area (Å²) in [4.78, 5) is 12.5. The van der Waals surface area contributed by atoms with E-state index in [4.69, 9.17) is 15.9 Å². The van der Waals surface area contributed by atoms with Gasteiger partial charge in [-0.1, -0.05) is 39.8 Å². The summed E-state index contributed by atoms with van der Waals surface area (Å²) in [7, 11) is 1.61. The molecular weight excluding hydrogens is 470 g/mol. The highest BCUT2D eigenvalue weighted by molar-refractivity contribution is 9.10. The predicted octanol–water partition coefficient (Wildman–Crippen LogP) is 4.09. The monoisotopic (exact) mass is 487 g/mol. The Labute approximate surface area is 170 Å². The molecule has 25 heavy (non-hydrogen) atoms. The van der Waals surface area contributed by atoms with E-state index in [1.807, 2.05) is 36.4 Å². The van der Waals surface area contributed by atoms with Gasteiger partial charge in [0.25, 0.3) is 5.91 Å². The van der Waals surface area contributed by atoms with Crippen LogP contribution in [-0.2, 0) is 12.3 Å². The fraction of sp³-hybridized carbons (Fsp3) is 0.176. The molecule has 0 aliphatic rings. The Balaban J connectivity index is 0.00000312. The zero-order valence-corrected chi connectivity index (χ0v) is 17.7. The maximum atomic E-state index is 12.5. The van der Waals surface area contributed by atoms with Crippen molar-refractivity contribution in [3.63, 3.8) is 0 Å². The molecule has 5 nitrogen and oxygen atoms in total. The van der Waals surface area contributed by atoms with Crippen LogP contribution in [0.4, 0.5) is 0 Å². The predicted molar refractivity (Wildman–Crippen MR) is 112 cm³/mol. The molecule has 0 fully saturated rings. The zero-order chi connectivity index (χ0) is 17.5. The molecule has 0 saturated carbocycles. The first kappa shape index (κ1) is 21.5. The number of nitrogens with two attached hydrogens (primary N) is 1. The zero-order valence-electron chi connectivity index (χ0n) is 13.5. The summed E-state index contributed by atoms with van der Waals surface area (Å²) in [6.07, 6.45) is 0. The smallest absolute Gasteiger partial charge is 0.251 e. The van der Waals surface area contributed by atoms with Crippen molar-refractivity contribution in [3.05, 3.63) is 63.6 Å². The molecule has 134 valence electrons. The molecule has 8 heteroatoms. The molecule has 0 heterocycles. The third kappa shape index (κ3) is 6.72. The summed E-state index contributed by atoms with van der Waals surface area (Å²) in [5, 5.41) is 10.3. The van der Waals surface area contributed by atoms with Crippen LogP contribution in [0, 0.1) is 5.41 Å². The molecule has 0 atom stereocenters. The Bertz CT molecular complexity index is 756. The number of hydrogen-bond acceptors (Lipinski definition) is 4. The minimum atomic E-state index is -0.163. The molecule has 0 spiro atoms. The maximum Gasteiger partial charge on any atom is 0.251 e. The Morgan fingerprint density at radius 2 is 2.08 bits per heavy atom. The van der Waals surface area contributed by atoms with E-state index in [2.05, 4.69) is 21.2 Å². The summed E-state index contributed by atoms with van der Waals surface area (Å²) in [5.74, 6) is 1.06. The second-order valence-corrected chi connectivity index (χ2v) is 6.92. The molecule has 0 saturated heterocycles. The molecule has 0 unspecified atom stereocenters. The Morgan fingerprint density at radius 3 is 2.76 bits per heavy atom. The first-order valence-corrected chi connectivity index (χ1v) is 8.94. The van der Waals surface area contributed by atoms with Gasteiger partial charge in [0.05, 0.1) is 7.11 Å². The number of carbonyl (C=O) groups is 1. The highest BCUT2D eigenvalue weighted by atomic mass is 79.9. The SMILES string of the molecule is Br.COc1cccc(CNC(=O)c2ccc(Br)cc2CSC(=N)N)c1. The van der Waals surface area contributed by atoms with E-state index < -0.39 is 0 Å². The van der Waals surface area contributed by atoms with Crippen LogP contribution < -0.4 is 15.8 Å². The van der Waals surface area contributed by atoms with Crippen LogP contribution in [-0.4, -0.2) is 18.2 Å². The van der Waals surface area contributed by atoms with Gasteiger partial charge in [-0.15, -0.1) is 17.0 Å². The lowest BCUT2D eigenvalue weighted by atomic mass is 10.1. The van der Waals surface area contributed by atoms with Crippen LogP contribution in [0.25, 0.3) is 0 Å². The Kier molecular flexibility index (Phi) is 9.02. The molecule has 0 aliphatic heterocycles. The summed E-state index contributed by atoms with van der Waals surface area (Å²) in [6, 6.07) is 13.0. The number of rotatable bonds is 6. The fourth-order valence-corrected chi connectivity index (χ4v) is 3.08. The van der Waals surface area contributed by atoms with Gasteiger partial charge in [0.15, 0.2) is 5.17 Å². The van der Waals surface area contributed by atoms with Gasteiger partial charge < -0.3 is 15.8 Å². The summed E-state index contributed by atoms with van der Waals surface area (Å²) < 4.78 is 6.06. The number of halogens is 2. The second-order valence-electron chi connectivity index (χ2n) is 4.99. The van der Waals surface area contributed by atoms with Gasteiger partial charge in [-0.2, -0.15) is 0 Å². The Morgan fingerprint density at radius 1 is 1.32 bits per heavy atom. The van der Waals surface area contributed by atoms with Crippen molar-refractivity contribution in [2.24, 2.45) is 5.73 Å². The molecule has 2 aromatic carbocycles. The quantitative estimate of drug-likeness (QED) is 0.422. The third-order valence-electron chi connectivity index (χ3n) is 3.28. The van der Waals surface area contributed by atoms with E-state index in [1.165, 1.54) is 11.8 Å². The number of hydrogen-bond donors (Lipinski definition) is 3. The number of ether oxygens (including phenoxy) is 1. The minimum absolute atomic E-state index is 0. The van der Waals surface area contributed by atoms with Crippen LogP contribution in [0.1, 0.15) is 21.5 Å². The lowest BCUT2D eigenvalue weighted by molar-refractivity contribution is 0.0950. The normalized spacial score (nSPS) is 9.84. The van der Waals surface area contributed by atoms with E-state index in [-0.39, 0.29) is 28.1 Å². The van der Waals surface area contributed by atoms with Crippen molar-refractivity contribution in [2.75, 3.05) is 7.11 Å². The van der Waals surface area contributed by atoms with Gasteiger partial charge in [0.2, 0.25) is 0 Å². The number of thioether (sulfide) groups is 1. The van der Waals surface area contributed by atoms with Crippen LogP contribution in [0.2, 0.25) is 0 Å². The van der Waals surface area contributed by atoms with E-state index >= 15 is 0 Å². The Hall–Kier alpha value is -1.51. The van der Waals surface area contributed by atoms with E-state index in [9.17, 15) is 4.79 Å². The van der Waals surface area contributed by atoms with Crippen molar-refractivity contribution in [1.82, 2.24) is 5.32 Å². The molecule has 0 radical (unpaired) electrons. The molecule has 1 amide bonds. The number of benzene rings is 2. The molecule has 0 bridgehead atoms. The van der Waals surface area contributed by atoms with Gasteiger partial charge in [0.1, 0.15) is 5.75 Å². The van der Waals surface area contributed by atoms with E-state index in [0.717, 1.165) is 21.3 Å². The van der Waals surface area contributed by atoms with Crippen molar-refractivity contribution in [1.29, 1.82) is 5.41 Å². The fourth-order valence-electron chi connectivity index (χ4n) is 2.12.